The van der Waals surface area contributed by atoms with E-state index in [0.29, 0.717) is 0 Å². The van der Waals surface area contributed by atoms with E-state index < -0.39 is 0 Å². The minimum Gasteiger partial charge on any atom is -0.447 e. The topological polar surface area (TPSA) is 45.1 Å². The van der Waals surface area contributed by atoms with Crippen LogP contribution in [0.2, 0.25) is 6.82 Å². The lowest BCUT2D eigenvalue weighted by Crippen LogP contribution is -1.93. The third-order valence-corrected chi connectivity index (χ3v) is 1.49. The van der Waals surface area contributed by atoms with Gasteiger partial charge in [-0.3, -0.25) is 0 Å². The molecule has 1 aromatic rings. The SMILES string of the molecule is CB(O)P.CCNc1nccs1. The molecule has 0 spiro atoms. The van der Waals surface area contributed by atoms with Gasteiger partial charge in [0.1, 0.15) is 0 Å². The fourth-order valence-corrected chi connectivity index (χ4v) is 1.06. The van der Waals surface area contributed by atoms with Crippen molar-refractivity contribution in [2.75, 3.05) is 11.9 Å². The molecule has 0 bridgehead atoms. The van der Waals surface area contributed by atoms with Gasteiger partial charge >= 0.3 is 6.64 Å². The maximum absolute atomic E-state index is 8.02. The minimum absolute atomic E-state index is 0.250. The second-order valence-corrected chi connectivity index (χ2v) is 3.97. The number of nitrogens with one attached hydrogen (secondary N) is 1. The number of rotatable bonds is 2. The maximum Gasteiger partial charge on any atom is 0.308 e. The van der Waals surface area contributed by atoms with Crippen molar-refractivity contribution >= 4 is 32.2 Å². The van der Waals surface area contributed by atoms with Crippen LogP contribution < -0.4 is 5.32 Å². The first-order chi connectivity index (χ1) is 5.66. The molecule has 1 heterocycles. The molecule has 12 heavy (non-hydrogen) atoms. The first-order valence-corrected chi connectivity index (χ1v) is 5.28. The number of hydrogen-bond donors (Lipinski definition) is 2. The summed E-state index contributed by atoms with van der Waals surface area (Å²) in [4.78, 5) is 4.01. The molecule has 1 unspecified atom stereocenters. The lowest BCUT2D eigenvalue weighted by atomic mass is 10.1. The third-order valence-electron chi connectivity index (χ3n) is 0.760. The van der Waals surface area contributed by atoms with Crippen molar-refractivity contribution in [1.29, 1.82) is 0 Å². The van der Waals surface area contributed by atoms with Gasteiger partial charge in [0.05, 0.1) is 0 Å². The largest absolute Gasteiger partial charge is 0.447 e. The average molecular weight is 204 g/mol. The standard InChI is InChI=1S/C5H8N2S.CH6BOP/c1-2-6-5-7-3-4-8-5;1-2(3)4/h3-4H,2H2,1H3,(H,6,7);3H,4H2,1H3. The van der Waals surface area contributed by atoms with E-state index in [4.69, 9.17) is 5.02 Å². The second kappa shape index (κ2) is 7.53. The minimum atomic E-state index is -0.250. The van der Waals surface area contributed by atoms with E-state index in [9.17, 15) is 0 Å². The highest BCUT2D eigenvalue weighted by molar-refractivity contribution is 7.59. The van der Waals surface area contributed by atoms with Crippen LogP contribution in [0.25, 0.3) is 0 Å². The first-order valence-electron chi connectivity index (χ1n) is 3.73. The molecule has 0 aliphatic rings. The zero-order chi connectivity index (χ0) is 9.40. The van der Waals surface area contributed by atoms with Crippen molar-refractivity contribution in [1.82, 2.24) is 4.98 Å². The van der Waals surface area contributed by atoms with Crippen LogP contribution in [0.5, 0.6) is 0 Å². The van der Waals surface area contributed by atoms with Crippen LogP contribution in [0.3, 0.4) is 0 Å². The normalized spacial score (nSPS) is 8.33. The molecule has 0 aromatic carbocycles. The van der Waals surface area contributed by atoms with Gasteiger partial charge in [-0.2, -0.15) is 0 Å². The molecule has 3 nitrogen and oxygen atoms in total. The van der Waals surface area contributed by atoms with Gasteiger partial charge in [0.15, 0.2) is 5.13 Å². The Kier molecular flexibility index (Phi) is 7.46. The molecular formula is C6H14BN2OPS. The Balaban J connectivity index is 0.000000261. The highest BCUT2D eigenvalue weighted by Gasteiger charge is 1.86. The summed E-state index contributed by atoms with van der Waals surface area (Å²) in [7, 11) is 2.21. The molecule has 6 heteroatoms. The third kappa shape index (κ3) is 7.99. The number of hydrogen-bond acceptors (Lipinski definition) is 4. The van der Waals surface area contributed by atoms with Crippen LogP contribution in [0.1, 0.15) is 6.92 Å². The Labute approximate surface area is 79.9 Å². The summed E-state index contributed by atoms with van der Waals surface area (Å²) in [6.45, 7) is 4.44. The summed E-state index contributed by atoms with van der Waals surface area (Å²) in [6.07, 6.45) is 1.79. The van der Waals surface area contributed by atoms with E-state index in [1.807, 2.05) is 5.38 Å². The van der Waals surface area contributed by atoms with Gasteiger partial charge in [0.2, 0.25) is 0 Å². The fourth-order valence-electron chi connectivity index (χ4n) is 0.462. The van der Waals surface area contributed by atoms with E-state index in [2.05, 4.69) is 26.3 Å². The van der Waals surface area contributed by atoms with Crippen molar-refractivity contribution < 1.29 is 5.02 Å². The molecular weight excluding hydrogens is 190 g/mol. The summed E-state index contributed by atoms with van der Waals surface area (Å²) in [5.41, 5.74) is 0. The maximum atomic E-state index is 8.02. The van der Waals surface area contributed by atoms with E-state index in [0.717, 1.165) is 11.7 Å². The molecule has 0 radical (unpaired) electrons. The molecule has 0 saturated heterocycles. The summed E-state index contributed by atoms with van der Waals surface area (Å²) < 4.78 is 0. The van der Waals surface area contributed by atoms with E-state index in [1.165, 1.54) is 0 Å². The van der Waals surface area contributed by atoms with Gasteiger partial charge in [-0.05, 0) is 6.92 Å². The Bertz CT molecular complexity index is 181. The predicted octanol–water partition coefficient (Wildman–Crippen LogP) is 1.55. The Hall–Kier alpha value is -0.115. The number of thiazole rings is 1. The monoisotopic (exact) mass is 204 g/mol. The zero-order valence-corrected chi connectivity index (χ0v) is 9.29. The molecule has 0 fully saturated rings. The molecule has 1 atom stereocenters. The van der Waals surface area contributed by atoms with Crippen molar-refractivity contribution in [2.45, 2.75) is 13.7 Å². The summed E-state index contributed by atoms with van der Waals surface area (Å²) in [6, 6.07) is 0. The molecule has 1 rings (SSSR count). The highest BCUT2D eigenvalue weighted by atomic mass is 32.1. The van der Waals surface area contributed by atoms with E-state index in [-0.39, 0.29) is 6.64 Å². The average Bonchev–Trinajstić information content (AvgIpc) is 2.39. The second-order valence-electron chi connectivity index (χ2n) is 2.11. The molecule has 0 saturated carbocycles. The quantitative estimate of drug-likeness (QED) is 0.567. The Morgan fingerprint density at radius 2 is 2.42 bits per heavy atom. The van der Waals surface area contributed by atoms with Crippen LogP contribution in [0.15, 0.2) is 11.6 Å². The van der Waals surface area contributed by atoms with Crippen LogP contribution in [0, 0.1) is 0 Å². The van der Waals surface area contributed by atoms with Crippen molar-refractivity contribution in [3.63, 3.8) is 0 Å². The number of aromatic nitrogens is 1. The van der Waals surface area contributed by atoms with Crippen molar-refractivity contribution in [3.05, 3.63) is 11.6 Å². The molecule has 0 amide bonds. The van der Waals surface area contributed by atoms with Crippen LogP contribution >= 0.6 is 20.5 Å². The predicted molar refractivity (Wildman–Crippen MR) is 59.8 cm³/mol. The van der Waals surface area contributed by atoms with Crippen molar-refractivity contribution in [3.8, 4) is 0 Å². The summed E-state index contributed by atoms with van der Waals surface area (Å²) in [5, 5.41) is 14.1. The van der Waals surface area contributed by atoms with Gasteiger partial charge in [-0.15, -0.1) is 20.5 Å². The van der Waals surface area contributed by atoms with Gasteiger partial charge in [0.25, 0.3) is 0 Å². The molecule has 0 aliphatic carbocycles. The molecule has 0 aliphatic heterocycles. The number of anilines is 1. The first kappa shape index (κ1) is 11.9. The lowest BCUT2D eigenvalue weighted by Gasteiger charge is -1.91. The number of nitrogens with zero attached hydrogens (tertiary/aromatic N) is 1. The van der Waals surface area contributed by atoms with Crippen LogP contribution in [-0.2, 0) is 0 Å². The van der Waals surface area contributed by atoms with Crippen LogP contribution in [-0.4, -0.2) is 23.2 Å². The smallest absolute Gasteiger partial charge is 0.308 e. The van der Waals surface area contributed by atoms with Gasteiger partial charge < -0.3 is 10.3 Å². The summed E-state index contributed by atoms with van der Waals surface area (Å²) in [5.74, 6) is 0. The fraction of sp³-hybridized carbons (Fsp3) is 0.500. The highest BCUT2D eigenvalue weighted by Crippen LogP contribution is 2.08. The van der Waals surface area contributed by atoms with E-state index >= 15 is 0 Å². The Morgan fingerprint density at radius 3 is 2.75 bits per heavy atom. The van der Waals surface area contributed by atoms with Gasteiger partial charge in [-0.25, -0.2) is 4.98 Å². The Morgan fingerprint density at radius 1 is 1.83 bits per heavy atom. The lowest BCUT2D eigenvalue weighted by molar-refractivity contribution is 0.603. The summed E-state index contributed by atoms with van der Waals surface area (Å²) >= 11 is 1.63. The molecule has 68 valence electrons. The van der Waals surface area contributed by atoms with Gasteiger partial charge in [0, 0.05) is 18.1 Å². The molecule has 1 aromatic heterocycles. The van der Waals surface area contributed by atoms with Crippen molar-refractivity contribution in [2.24, 2.45) is 0 Å². The van der Waals surface area contributed by atoms with Crippen LogP contribution in [0.4, 0.5) is 5.13 Å². The zero-order valence-electron chi connectivity index (χ0n) is 7.32. The van der Waals surface area contributed by atoms with E-state index in [1.54, 1.807) is 24.4 Å². The molecule has 2 N–H and O–H groups in total. The van der Waals surface area contributed by atoms with Gasteiger partial charge in [-0.1, -0.05) is 6.82 Å².